The molecule has 0 fully saturated rings. The molecule has 0 spiro atoms. The molecule has 0 aliphatic carbocycles. The van der Waals surface area contributed by atoms with Gasteiger partial charge in [0.05, 0.1) is 61.5 Å². The monoisotopic (exact) mass is 1340 g/mol. The summed E-state index contributed by atoms with van der Waals surface area (Å²) in [6.07, 6.45) is 0. The molecule has 0 amide bonds. The van der Waals surface area contributed by atoms with Crippen LogP contribution in [-0.2, 0) is 0 Å². The molecule has 486 valence electrons. The van der Waals surface area contributed by atoms with E-state index in [1.54, 1.807) is 0 Å². The van der Waals surface area contributed by atoms with E-state index < -0.39 is 0 Å². The molecular weight excluding hydrogens is 1280 g/mol. The Hall–Kier alpha value is -13.7. The zero-order chi connectivity index (χ0) is 68.3. The maximum atomic E-state index is 5.06. The molecule has 104 heavy (non-hydrogen) atoms. The summed E-state index contributed by atoms with van der Waals surface area (Å²) >= 11 is 1.25. The summed E-state index contributed by atoms with van der Waals surface area (Å²) in [4.78, 5) is 2.30. The van der Waals surface area contributed by atoms with E-state index in [1.807, 2.05) is 0 Å². The molecule has 5 aromatic heterocycles. The van der Waals surface area contributed by atoms with Crippen LogP contribution in [0.4, 0.5) is 17.1 Å². The fourth-order valence-corrected chi connectivity index (χ4v) is 17.0. The molecular formula is C96H61N7S. The summed E-state index contributed by atoms with van der Waals surface area (Å²) in [7, 11) is 0. The van der Waals surface area contributed by atoms with Gasteiger partial charge in [-0.2, -0.15) is 8.75 Å². The largest absolute Gasteiger partial charge is 0.309 e. The Morgan fingerprint density at radius 2 is 0.471 bits per heavy atom. The summed E-state index contributed by atoms with van der Waals surface area (Å²) in [6.45, 7) is 0. The van der Waals surface area contributed by atoms with Crippen LogP contribution in [0, 0.1) is 0 Å². The lowest BCUT2D eigenvalue weighted by atomic mass is 9.97. The van der Waals surface area contributed by atoms with Crippen molar-refractivity contribution in [2.45, 2.75) is 0 Å². The maximum absolute atomic E-state index is 5.06. The Morgan fingerprint density at radius 1 is 0.202 bits per heavy atom. The topological polar surface area (TPSA) is 48.7 Å². The van der Waals surface area contributed by atoms with Crippen molar-refractivity contribution in [3.63, 3.8) is 0 Å². The fourth-order valence-electron chi connectivity index (χ4n) is 16.4. The highest BCUT2D eigenvalue weighted by Crippen LogP contribution is 2.45. The summed E-state index contributed by atoms with van der Waals surface area (Å²) in [5.74, 6) is 0. The van der Waals surface area contributed by atoms with Crippen LogP contribution in [0.2, 0.25) is 0 Å². The van der Waals surface area contributed by atoms with E-state index in [2.05, 4.69) is 393 Å². The van der Waals surface area contributed by atoms with Crippen molar-refractivity contribution in [2.75, 3.05) is 4.90 Å². The van der Waals surface area contributed by atoms with Gasteiger partial charge in [0.2, 0.25) is 0 Å². The van der Waals surface area contributed by atoms with Gasteiger partial charge in [-0.1, -0.05) is 224 Å². The summed E-state index contributed by atoms with van der Waals surface area (Å²) in [5.41, 5.74) is 30.1. The van der Waals surface area contributed by atoms with Gasteiger partial charge in [-0.3, -0.25) is 0 Å². The number of anilines is 3. The third kappa shape index (κ3) is 9.57. The molecule has 0 unspecified atom stereocenters. The minimum absolute atomic E-state index is 0.848. The number of aromatic nitrogens is 6. The number of nitrogens with zero attached hydrogens (tertiary/aromatic N) is 7. The number of hydrogen-bond acceptors (Lipinski definition) is 4. The number of fused-ring (bicyclic) bond motifs is 13. The number of rotatable bonds is 12. The molecule has 0 saturated heterocycles. The molecule has 7 nitrogen and oxygen atoms in total. The molecule has 16 aromatic carbocycles. The van der Waals surface area contributed by atoms with E-state index >= 15 is 0 Å². The Kier molecular flexibility index (Phi) is 13.7. The fraction of sp³-hybridized carbons (Fsp3) is 0. The second kappa shape index (κ2) is 24.0. The molecule has 8 heteroatoms. The van der Waals surface area contributed by atoms with Crippen LogP contribution in [-0.4, -0.2) is 27.0 Å². The summed E-state index contributed by atoms with van der Waals surface area (Å²) < 4.78 is 19.6. The van der Waals surface area contributed by atoms with Gasteiger partial charge in [0.15, 0.2) is 0 Å². The van der Waals surface area contributed by atoms with E-state index in [0.29, 0.717) is 0 Å². The summed E-state index contributed by atoms with van der Waals surface area (Å²) in [6, 6.07) is 135. The first kappa shape index (κ1) is 59.2. The molecule has 0 N–H and O–H groups in total. The number of benzene rings is 16. The van der Waals surface area contributed by atoms with Crippen molar-refractivity contribution in [1.29, 1.82) is 0 Å². The smallest absolute Gasteiger partial charge is 0.129 e. The minimum Gasteiger partial charge on any atom is -0.309 e. The van der Waals surface area contributed by atoms with Gasteiger partial charge >= 0.3 is 0 Å². The van der Waals surface area contributed by atoms with Gasteiger partial charge in [0.1, 0.15) is 11.0 Å². The molecule has 0 atom stereocenters. The maximum Gasteiger partial charge on any atom is 0.129 e. The quantitative estimate of drug-likeness (QED) is 0.122. The van der Waals surface area contributed by atoms with Gasteiger partial charge in [-0.25, -0.2) is 0 Å². The SMILES string of the molecule is c1ccc(N(c2ccc(-n3c4ccccc4c4ccccc43)cc2)c2ccc(-c3ccc(-n4c5ccc(-c6ccc(-c7ccc(-n8c9ccccc9c9ccccc98)cc7)cc6)cc5c5cc(-c6ccc(-c7ccc(-n8c9ccccc9c9ccccc98)cc7)cc6)ccc54)cc3)c3nsnc23)cc1. The predicted octanol–water partition coefficient (Wildman–Crippen LogP) is 25.9. The van der Waals surface area contributed by atoms with Crippen LogP contribution in [0.3, 0.4) is 0 Å². The Labute approximate surface area is 603 Å². The first-order chi connectivity index (χ1) is 51.6. The lowest BCUT2D eigenvalue weighted by Gasteiger charge is -2.26. The van der Waals surface area contributed by atoms with Crippen LogP contribution in [0.15, 0.2) is 370 Å². The van der Waals surface area contributed by atoms with E-state index in [-0.39, 0.29) is 0 Å². The normalized spacial score (nSPS) is 11.8. The molecule has 0 bridgehead atoms. The zero-order valence-electron chi connectivity index (χ0n) is 56.3. The molecule has 0 aliphatic rings. The van der Waals surface area contributed by atoms with Crippen molar-refractivity contribution in [1.82, 2.24) is 27.0 Å². The first-order valence-electron chi connectivity index (χ1n) is 35.4. The van der Waals surface area contributed by atoms with Gasteiger partial charge in [0.25, 0.3) is 0 Å². The van der Waals surface area contributed by atoms with Crippen LogP contribution in [0.25, 0.3) is 177 Å². The van der Waals surface area contributed by atoms with Crippen LogP contribution in [0.5, 0.6) is 0 Å². The highest BCUT2D eigenvalue weighted by Gasteiger charge is 2.23. The average molecular weight is 1340 g/mol. The highest BCUT2D eigenvalue weighted by molar-refractivity contribution is 7.00. The highest BCUT2D eigenvalue weighted by atomic mass is 32.1. The third-order valence-electron chi connectivity index (χ3n) is 21.3. The lowest BCUT2D eigenvalue weighted by Crippen LogP contribution is -2.10. The van der Waals surface area contributed by atoms with Crippen molar-refractivity contribution < 1.29 is 0 Å². The zero-order valence-corrected chi connectivity index (χ0v) is 57.1. The van der Waals surface area contributed by atoms with Crippen molar-refractivity contribution in [3.8, 4) is 78.4 Å². The lowest BCUT2D eigenvalue weighted by molar-refractivity contribution is 1.17. The Balaban J connectivity index is 0.622. The van der Waals surface area contributed by atoms with Crippen molar-refractivity contribution in [3.05, 3.63) is 370 Å². The van der Waals surface area contributed by atoms with E-state index in [1.165, 1.54) is 110 Å². The number of hydrogen-bond donors (Lipinski definition) is 0. The standard InChI is InChI=1S/C96H61N7S/c1-2-16-71(17-3-1)99(72-52-54-76(55-53-72)102-90-28-14-8-22-82(90)83-23-9-15-29-91(83)102)94-59-56-77(95-96(94)98-104-97-95)68-42-50-75(51-43-68)103-92-57-44-69(66-34-30-62(31-35-66)64-38-46-73(47-39-64)100-86-24-10-4-18-78(86)79-19-5-11-25-87(79)100)60-84(92)85-61-70(45-58-93(85)103)67-36-32-63(33-37-67)65-40-48-74(49-41-65)101-88-26-12-6-20-80(88)81-21-7-13-27-89(81)101/h1-61H. The number of para-hydroxylation sites is 7. The van der Waals surface area contributed by atoms with E-state index in [0.717, 1.165) is 95.3 Å². The van der Waals surface area contributed by atoms with Gasteiger partial charge in [-0.05, 0) is 196 Å². The second-order valence-electron chi connectivity index (χ2n) is 27.0. The Morgan fingerprint density at radius 3 is 0.837 bits per heavy atom. The van der Waals surface area contributed by atoms with Gasteiger partial charge < -0.3 is 23.2 Å². The van der Waals surface area contributed by atoms with E-state index in [4.69, 9.17) is 8.75 Å². The van der Waals surface area contributed by atoms with Gasteiger partial charge in [0, 0.05) is 82.8 Å². The van der Waals surface area contributed by atoms with Crippen LogP contribution < -0.4 is 4.90 Å². The van der Waals surface area contributed by atoms with Crippen molar-refractivity contribution in [2.24, 2.45) is 0 Å². The van der Waals surface area contributed by atoms with Crippen LogP contribution in [0.1, 0.15) is 0 Å². The Bertz CT molecular complexity index is 6500. The third-order valence-corrected chi connectivity index (χ3v) is 21.8. The second-order valence-corrected chi connectivity index (χ2v) is 27.5. The average Bonchev–Trinajstić information content (AvgIpc) is 1.58. The minimum atomic E-state index is 0.848. The van der Waals surface area contributed by atoms with Crippen molar-refractivity contribution >= 4 is 127 Å². The van der Waals surface area contributed by atoms with Gasteiger partial charge in [-0.15, -0.1) is 0 Å². The predicted molar refractivity (Wildman–Crippen MR) is 437 cm³/mol. The molecule has 0 radical (unpaired) electrons. The van der Waals surface area contributed by atoms with E-state index in [9.17, 15) is 0 Å². The summed E-state index contributed by atoms with van der Waals surface area (Å²) in [5, 5.41) is 9.89. The molecule has 0 aliphatic heterocycles. The molecule has 5 heterocycles. The molecule has 21 rings (SSSR count). The first-order valence-corrected chi connectivity index (χ1v) is 36.1. The molecule has 0 saturated carbocycles. The van der Waals surface area contributed by atoms with Crippen LogP contribution >= 0.6 is 11.7 Å². The molecule has 21 aromatic rings.